The summed E-state index contributed by atoms with van der Waals surface area (Å²) in [6.45, 7) is 4.54. The van der Waals surface area contributed by atoms with Crippen molar-refractivity contribution < 1.29 is 4.79 Å². The van der Waals surface area contributed by atoms with E-state index in [0.717, 1.165) is 24.9 Å². The highest BCUT2D eigenvalue weighted by Crippen LogP contribution is 2.24. The van der Waals surface area contributed by atoms with Gasteiger partial charge in [-0.3, -0.25) is 4.79 Å². The molecule has 1 N–H and O–H groups in total. The van der Waals surface area contributed by atoms with Gasteiger partial charge in [-0.1, -0.05) is 30.3 Å². The topological polar surface area (TPSA) is 29.1 Å². The SMILES string of the molecule is C=CCCC(=O)C1NCCc2ccccc21. The van der Waals surface area contributed by atoms with Gasteiger partial charge in [-0.2, -0.15) is 0 Å². The highest BCUT2D eigenvalue weighted by Gasteiger charge is 2.24. The van der Waals surface area contributed by atoms with E-state index in [1.807, 2.05) is 12.1 Å². The molecule has 84 valence electrons. The lowest BCUT2D eigenvalue weighted by Crippen LogP contribution is -2.35. The molecule has 0 amide bonds. The summed E-state index contributed by atoms with van der Waals surface area (Å²) in [6.07, 6.45) is 4.16. The number of hydrogen-bond acceptors (Lipinski definition) is 2. The van der Waals surface area contributed by atoms with Crippen molar-refractivity contribution >= 4 is 5.78 Å². The Morgan fingerprint density at radius 3 is 3.12 bits per heavy atom. The summed E-state index contributed by atoms with van der Waals surface area (Å²) in [5.41, 5.74) is 2.46. The fourth-order valence-electron chi connectivity index (χ4n) is 2.18. The highest BCUT2D eigenvalue weighted by molar-refractivity contribution is 5.86. The van der Waals surface area contributed by atoms with Crippen LogP contribution in [0.3, 0.4) is 0 Å². The molecular formula is C14H17NO. The number of fused-ring (bicyclic) bond motifs is 1. The fourth-order valence-corrected chi connectivity index (χ4v) is 2.18. The molecule has 2 rings (SSSR count). The van der Waals surface area contributed by atoms with Crippen molar-refractivity contribution in [2.75, 3.05) is 6.54 Å². The first-order valence-electron chi connectivity index (χ1n) is 5.77. The van der Waals surface area contributed by atoms with Gasteiger partial charge in [0, 0.05) is 13.0 Å². The van der Waals surface area contributed by atoms with E-state index in [2.05, 4.69) is 24.0 Å². The normalized spacial score (nSPS) is 18.9. The average molecular weight is 215 g/mol. The second-order valence-electron chi connectivity index (χ2n) is 4.13. The van der Waals surface area contributed by atoms with E-state index in [9.17, 15) is 4.79 Å². The predicted octanol–water partition coefficient (Wildman–Crippen LogP) is 2.41. The summed E-state index contributed by atoms with van der Waals surface area (Å²) in [6, 6.07) is 8.10. The lowest BCUT2D eigenvalue weighted by molar-refractivity contribution is -0.121. The lowest BCUT2D eigenvalue weighted by atomic mass is 9.90. The van der Waals surface area contributed by atoms with Crippen LogP contribution in [-0.2, 0) is 11.2 Å². The molecule has 0 bridgehead atoms. The number of hydrogen-bond donors (Lipinski definition) is 1. The van der Waals surface area contributed by atoms with Crippen LogP contribution < -0.4 is 5.32 Å². The maximum atomic E-state index is 12.0. The van der Waals surface area contributed by atoms with Crippen molar-refractivity contribution in [1.82, 2.24) is 5.32 Å². The van der Waals surface area contributed by atoms with Gasteiger partial charge in [0.05, 0.1) is 6.04 Å². The van der Waals surface area contributed by atoms with Crippen molar-refractivity contribution in [3.8, 4) is 0 Å². The van der Waals surface area contributed by atoms with E-state index in [4.69, 9.17) is 0 Å². The lowest BCUT2D eigenvalue weighted by Gasteiger charge is -2.25. The molecule has 1 aliphatic rings. The minimum Gasteiger partial charge on any atom is -0.303 e. The molecule has 0 radical (unpaired) electrons. The van der Waals surface area contributed by atoms with Crippen molar-refractivity contribution in [3.63, 3.8) is 0 Å². The molecule has 1 unspecified atom stereocenters. The smallest absolute Gasteiger partial charge is 0.154 e. The van der Waals surface area contributed by atoms with Gasteiger partial charge >= 0.3 is 0 Å². The largest absolute Gasteiger partial charge is 0.303 e. The van der Waals surface area contributed by atoms with Gasteiger partial charge in [0.25, 0.3) is 0 Å². The van der Waals surface area contributed by atoms with Gasteiger partial charge in [0.15, 0.2) is 5.78 Å². The number of Topliss-reactive ketones (excluding diaryl/α,β-unsaturated/α-hetero) is 1. The second kappa shape index (κ2) is 5.08. The Morgan fingerprint density at radius 2 is 2.31 bits per heavy atom. The molecule has 1 aromatic rings. The third-order valence-corrected chi connectivity index (χ3v) is 3.03. The van der Waals surface area contributed by atoms with Crippen LogP contribution in [0.15, 0.2) is 36.9 Å². The second-order valence-corrected chi connectivity index (χ2v) is 4.13. The minimum absolute atomic E-state index is 0.107. The molecular weight excluding hydrogens is 198 g/mol. The third-order valence-electron chi connectivity index (χ3n) is 3.03. The maximum absolute atomic E-state index is 12.0. The van der Waals surface area contributed by atoms with Crippen molar-refractivity contribution in [3.05, 3.63) is 48.0 Å². The quantitative estimate of drug-likeness (QED) is 0.781. The molecule has 0 fully saturated rings. The van der Waals surface area contributed by atoms with Crippen LogP contribution in [0.25, 0.3) is 0 Å². The Labute approximate surface area is 96.4 Å². The van der Waals surface area contributed by atoms with Crippen molar-refractivity contribution in [2.24, 2.45) is 0 Å². The molecule has 16 heavy (non-hydrogen) atoms. The van der Waals surface area contributed by atoms with Crippen LogP contribution in [0.1, 0.15) is 30.0 Å². The van der Waals surface area contributed by atoms with Crippen molar-refractivity contribution in [1.29, 1.82) is 0 Å². The fraction of sp³-hybridized carbons (Fsp3) is 0.357. The van der Waals surface area contributed by atoms with E-state index < -0.39 is 0 Å². The molecule has 0 saturated heterocycles. The van der Waals surface area contributed by atoms with E-state index in [-0.39, 0.29) is 11.8 Å². The first-order valence-corrected chi connectivity index (χ1v) is 5.77. The zero-order valence-corrected chi connectivity index (χ0v) is 9.41. The van der Waals surface area contributed by atoms with E-state index >= 15 is 0 Å². The molecule has 1 aromatic carbocycles. The number of allylic oxidation sites excluding steroid dienone is 1. The summed E-state index contributed by atoms with van der Waals surface area (Å²) >= 11 is 0. The van der Waals surface area contributed by atoms with E-state index in [1.165, 1.54) is 5.56 Å². The van der Waals surface area contributed by atoms with E-state index in [0.29, 0.717) is 6.42 Å². The Bertz CT molecular complexity index is 397. The number of benzene rings is 1. The van der Waals surface area contributed by atoms with Crippen molar-refractivity contribution in [2.45, 2.75) is 25.3 Å². The van der Waals surface area contributed by atoms with Gasteiger partial charge in [-0.15, -0.1) is 6.58 Å². The number of carbonyl (C=O) groups excluding carboxylic acids is 1. The predicted molar refractivity (Wildman–Crippen MR) is 65.3 cm³/mol. The molecule has 0 saturated carbocycles. The van der Waals surface area contributed by atoms with Gasteiger partial charge in [-0.05, 0) is 24.0 Å². The first kappa shape index (κ1) is 11.1. The third kappa shape index (κ3) is 2.22. The molecule has 0 aromatic heterocycles. The van der Waals surface area contributed by atoms with Crippen LogP contribution in [0, 0.1) is 0 Å². The average Bonchev–Trinajstić information content (AvgIpc) is 2.35. The van der Waals surface area contributed by atoms with Crippen LogP contribution in [0.4, 0.5) is 0 Å². The molecule has 2 nitrogen and oxygen atoms in total. The number of ketones is 1. The van der Waals surface area contributed by atoms with Gasteiger partial charge in [0.1, 0.15) is 0 Å². The van der Waals surface area contributed by atoms with Crippen LogP contribution in [0.5, 0.6) is 0 Å². The summed E-state index contributed by atoms with van der Waals surface area (Å²) in [4.78, 5) is 12.0. The Kier molecular flexibility index (Phi) is 3.52. The van der Waals surface area contributed by atoms with Gasteiger partial charge < -0.3 is 5.32 Å². The molecule has 1 heterocycles. The van der Waals surface area contributed by atoms with E-state index in [1.54, 1.807) is 6.08 Å². The summed E-state index contributed by atoms with van der Waals surface area (Å²) in [5.74, 6) is 0.270. The Balaban J connectivity index is 2.18. The minimum atomic E-state index is -0.107. The van der Waals surface area contributed by atoms with Crippen LogP contribution in [-0.4, -0.2) is 12.3 Å². The zero-order chi connectivity index (χ0) is 11.4. The summed E-state index contributed by atoms with van der Waals surface area (Å²) < 4.78 is 0. The molecule has 2 heteroatoms. The molecule has 1 atom stereocenters. The Morgan fingerprint density at radius 1 is 1.50 bits per heavy atom. The molecule has 0 spiro atoms. The highest BCUT2D eigenvalue weighted by atomic mass is 16.1. The van der Waals surface area contributed by atoms with Crippen LogP contribution >= 0.6 is 0 Å². The van der Waals surface area contributed by atoms with Crippen LogP contribution in [0.2, 0.25) is 0 Å². The summed E-state index contributed by atoms with van der Waals surface area (Å²) in [7, 11) is 0. The summed E-state index contributed by atoms with van der Waals surface area (Å²) in [5, 5.41) is 3.30. The number of rotatable bonds is 4. The first-order chi connectivity index (χ1) is 7.83. The zero-order valence-electron chi connectivity index (χ0n) is 9.41. The molecule has 0 aliphatic carbocycles. The monoisotopic (exact) mass is 215 g/mol. The van der Waals surface area contributed by atoms with Gasteiger partial charge in [-0.25, -0.2) is 0 Å². The number of carbonyl (C=O) groups is 1. The Hall–Kier alpha value is -1.41. The molecule has 1 aliphatic heterocycles. The standard InChI is InChI=1S/C14H17NO/c1-2-3-8-13(16)14-12-7-5-4-6-11(12)9-10-15-14/h2,4-7,14-15H,1,3,8-10H2. The van der Waals surface area contributed by atoms with Gasteiger partial charge in [0.2, 0.25) is 0 Å². The maximum Gasteiger partial charge on any atom is 0.154 e. The number of nitrogens with one attached hydrogen (secondary N) is 1.